The second-order valence-corrected chi connectivity index (χ2v) is 4.73. The van der Waals surface area contributed by atoms with Crippen molar-refractivity contribution in [1.82, 2.24) is 9.78 Å². The van der Waals surface area contributed by atoms with Crippen LogP contribution in [-0.2, 0) is 4.74 Å². The van der Waals surface area contributed by atoms with Crippen LogP contribution in [0.2, 0.25) is 0 Å². The third-order valence-corrected chi connectivity index (χ3v) is 3.49. The summed E-state index contributed by atoms with van der Waals surface area (Å²) >= 11 is 0. The summed E-state index contributed by atoms with van der Waals surface area (Å²) in [4.78, 5) is 10.8. The predicted octanol–water partition coefficient (Wildman–Crippen LogP) is 3.58. The summed E-state index contributed by atoms with van der Waals surface area (Å²) in [6.45, 7) is 2.45. The third kappa shape index (κ3) is 1.92. The van der Waals surface area contributed by atoms with Gasteiger partial charge in [-0.1, -0.05) is 0 Å². The highest BCUT2D eigenvalue weighted by Crippen LogP contribution is 2.34. The van der Waals surface area contributed by atoms with Crippen molar-refractivity contribution in [2.45, 2.75) is 32.4 Å². The van der Waals surface area contributed by atoms with Crippen molar-refractivity contribution in [1.29, 1.82) is 0 Å². The molecular weight excluding hydrogens is 249 g/mol. The first-order valence-electron chi connectivity index (χ1n) is 6.34. The molecule has 0 amide bonds. The minimum absolute atomic E-state index is 0.144. The SMILES string of the molecule is Cc1nn(C2CCCCO2)c2ccc(F)c(N=O)c12. The fourth-order valence-corrected chi connectivity index (χ4v) is 2.59. The standard InChI is InChI=1S/C13H14FN3O2/c1-8-12-10(6-5-9(14)13(12)16-18)17(15-8)11-4-2-3-7-19-11/h5-6,11H,2-4,7H2,1H3. The van der Waals surface area contributed by atoms with Crippen LogP contribution in [0.3, 0.4) is 0 Å². The van der Waals surface area contributed by atoms with E-state index in [0.29, 0.717) is 23.2 Å². The van der Waals surface area contributed by atoms with E-state index in [0.717, 1.165) is 19.3 Å². The second-order valence-electron chi connectivity index (χ2n) is 4.73. The molecule has 0 spiro atoms. The van der Waals surface area contributed by atoms with Crippen molar-refractivity contribution in [2.75, 3.05) is 6.61 Å². The van der Waals surface area contributed by atoms with E-state index < -0.39 is 5.82 Å². The van der Waals surface area contributed by atoms with Crippen LogP contribution >= 0.6 is 0 Å². The van der Waals surface area contributed by atoms with Gasteiger partial charge in [0.1, 0.15) is 0 Å². The average molecular weight is 263 g/mol. The Hall–Kier alpha value is -1.82. The Bertz CT molecular complexity index is 632. The number of rotatable bonds is 2. The monoisotopic (exact) mass is 263 g/mol. The molecular formula is C13H14FN3O2. The summed E-state index contributed by atoms with van der Waals surface area (Å²) in [5.74, 6) is -0.616. The number of aromatic nitrogens is 2. The summed E-state index contributed by atoms with van der Waals surface area (Å²) in [6.07, 6.45) is 2.85. The Morgan fingerprint density at radius 1 is 1.47 bits per heavy atom. The predicted molar refractivity (Wildman–Crippen MR) is 68.7 cm³/mol. The highest BCUT2D eigenvalue weighted by atomic mass is 19.1. The van der Waals surface area contributed by atoms with E-state index in [2.05, 4.69) is 10.3 Å². The number of hydrogen-bond donors (Lipinski definition) is 0. The molecule has 1 aromatic carbocycles. The van der Waals surface area contributed by atoms with Crippen molar-refractivity contribution in [3.63, 3.8) is 0 Å². The first kappa shape index (κ1) is 12.2. The number of hydrogen-bond acceptors (Lipinski definition) is 4. The lowest BCUT2D eigenvalue weighted by Gasteiger charge is -2.23. The van der Waals surface area contributed by atoms with E-state index >= 15 is 0 Å². The third-order valence-electron chi connectivity index (χ3n) is 3.49. The zero-order chi connectivity index (χ0) is 13.4. The Morgan fingerprint density at radius 2 is 2.32 bits per heavy atom. The van der Waals surface area contributed by atoms with Crippen LogP contribution < -0.4 is 0 Å². The molecule has 1 atom stereocenters. The maximum absolute atomic E-state index is 13.6. The molecule has 0 N–H and O–H groups in total. The molecule has 1 aromatic heterocycles. The van der Waals surface area contributed by atoms with E-state index in [9.17, 15) is 9.30 Å². The van der Waals surface area contributed by atoms with Crippen LogP contribution in [0, 0.1) is 17.6 Å². The maximum Gasteiger partial charge on any atom is 0.154 e. The fourth-order valence-electron chi connectivity index (χ4n) is 2.59. The number of ether oxygens (including phenoxy) is 1. The lowest BCUT2D eigenvalue weighted by molar-refractivity contribution is -0.0368. The van der Waals surface area contributed by atoms with E-state index in [-0.39, 0.29) is 11.9 Å². The van der Waals surface area contributed by atoms with Gasteiger partial charge in [0, 0.05) is 6.61 Å². The van der Waals surface area contributed by atoms with E-state index in [1.165, 1.54) is 6.07 Å². The molecule has 2 heterocycles. The Balaban J connectivity index is 2.19. The molecule has 3 rings (SSSR count). The largest absolute Gasteiger partial charge is 0.356 e. The molecule has 1 saturated heterocycles. The van der Waals surface area contributed by atoms with E-state index in [1.807, 2.05) is 0 Å². The summed E-state index contributed by atoms with van der Waals surface area (Å²) in [5, 5.41) is 7.66. The molecule has 1 aliphatic rings. The van der Waals surface area contributed by atoms with Gasteiger partial charge in [-0.15, -0.1) is 4.91 Å². The van der Waals surface area contributed by atoms with Crippen molar-refractivity contribution < 1.29 is 9.13 Å². The highest BCUT2D eigenvalue weighted by Gasteiger charge is 2.22. The van der Waals surface area contributed by atoms with Gasteiger partial charge in [-0.3, -0.25) is 0 Å². The number of benzene rings is 1. The van der Waals surface area contributed by atoms with Crippen LogP contribution in [0.1, 0.15) is 31.2 Å². The topological polar surface area (TPSA) is 56.5 Å². The zero-order valence-corrected chi connectivity index (χ0v) is 10.6. The number of fused-ring (bicyclic) bond motifs is 1. The van der Waals surface area contributed by atoms with Crippen LogP contribution in [0.25, 0.3) is 10.9 Å². The summed E-state index contributed by atoms with van der Waals surface area (Å²) in [7, 11) is 0. The first-order valence-corrected chi connectivity index (χ1v) is 6.34. The van der Waals surface area contributed by atoms with Crippen LogP contribution in [0.5, 0.6) is 0 Å². The molecule has 0 saturated carbocycles. The molecule has 0 bridgehead atoms. The van der Waals surface area contributed by atoms with Gasteiger partial charge in [0.25, 0.3) is 0 Å². The lowest BCUT2D eigenvalue weighted by Crippen LogP contribution is -2.19. The van der Waals surface area contributed by atoms with Crippen LogP contribution in [-0.4, -0.2) is 16.4 Å². The van der Waals surface area contributed by atoms with Crippen LogP contribution in [0.15, 0.2) is 17.3 Å². The van der Waals surface area contributed by atoms with Gasteiger partial charge >= 0.3 is 0 Å². The molecule has 5 nitrogen and oxygen atoms in total. The minimum atomic E-state index is -0.616. The molecule has 0 aliphatic carbocycles. The second kappa shape index (κ2) is 4.70. The van der Waals surface area contributed by atoms with Crippen molar-refractivity contribution in [3.05, 3.63) is 28.6 Å². The lowest BCUT2D eigenvalue weighted by atomic mass is 10.1. The zero-order valence-electron chi connectivity index (χ0n) is 10.6. The summed E-state index contributed by atoms with van der Waals surface area (Å²) < 4.78 is 21.0. The van der Waals surface area contributed by atoms with Gasteiger partial charge in [0.2, 0.25) is 0 Å². The van der Waals surface area contributed by atoms with Gasteiger partial charge in [-0.2, -0.15) is 5.10 Å². The maximum atomic E-state index is 13.6. The van der Waals surface area contributed by atoms with Gasteiger partial charge in [-0.05, 0) is 43.5 Å². The van der Waals surface area contributed by atoms with E-state index in [4.69, 9.17) is 4.74 Å². The number of nitrogens with zero attached hydrogens (tertiary/aromatic N) is 3. The number of halogens is 1. The Morgan fingerprint density at radius 3 is 3.00 bits per heavy atom. The molecule has 1 aliphatic heterocycles. The first-order chi connectivity index (χ1) is 9.22. The highest BCUT2D eigenvalue weighted by molar-refractivity contribution is 5.92. The van der Waals surface area contributed by atoms with Gasteiger partial charge in [0.15, 0.2) is 17.7 Å². The quantitative estimate of drug-likeness (QED) is 0.778. The molecule has 2 aromatic rings. The summed E-state index contributed by atoms with van der Waals surface area (Å²) in [6, 6.07) is 2.87. The molecule has 6 heteroatoms. The van der Waals surface area contributed by atoms with Gasteiger partial charge in [-0.25, -0.2) is 9.07 Å². The molecule has 100 valence electrons. The minimum Gasteiger partial charge on any atom is -0.356 e. The summed E-state index contributed by atoms with van der Waals surface area (Å²) in [5.41, 5.74) is 1.12. The smallest absolute Gasteiger partial charge is 0.154 e. The molecule has 1 fully saturated rings. The van der Waals surface area contributed by atoms with Crippen molar-refractivity contribution in [3.8, 4) is 0 Å². The fraction of sp³-hybridized carbons (Fsp3) is 0.462. The molecule has 1 unspecified atom stereocenters. The average Bonchev–Trinajstić information content (AvgIpc) is 2.77. The Labute approximate surface area is 109 Å². The van der Waals surface area contributed by atoms with Gasteiger partial charge in [0.05, 0.1) is 16.6 Å². The van der Waals surface area contributed by atoms with E-state index in [1.54, 1.807) is 17.7 Å². The molecule has 19 heavy (non-hydrogen) atoms. The van der Waals surface area contributed by atoms with Gasteiger partial charge < -0.3 is 4.74 Å². The Kier molecular flexibility index (Phi) is 3.02. The number of aryl methyl sites for hydroxylation is 1. The number of nitroso groups, excluding NO2 is 1. The molecule has 0 radical (unpaired) electrons. The normalized spacial score (nSPS) is 19.8. The van der Waals surface area contributed by atoms with Crippen molar-refractivity contribution >= 4 is 16.6 Å². The van der Waals surface area contributed by atoms with Crippen LogP contribution in [0.4, 0.5) is 10.1 Å². The van der Waals surface area contributed by atoms with Crippen molar-refractivity contribution in [2.24, 2.45) is 5.18 Å².